The Hall–Kier alpha value is -1.60. The molecule has 2 aromatic heterocycles. The minimum Gasteiger partial charge on any atom is -0.361 e. The molecule has 0 fully saturated rings. The van der Waals surface area contributed by atoms with Gasteiger partial charge in [-0.25, -0.2) is 8.42 Å². The highest BCUT2D eigenvalue weighted by molar-refractivity contribution is 7.89. The summed E-state index contributed by atoms with van der Waals surface area (Å²) in [5.41, 5.74) is 1.74. The van der Waals surface area contributed by atoms with Gasteiger partial charge in [0, 0.05) is 37.5 Å². The second-order valence-electron chi connectivity index (χ2n) is 5.29. The molecule has 21 heavy (non-hydrogen) atoms. The van der Waals surface area contributed by atoms with Crippen LogP contribution in [0.1, 0.15) is 30.4 Å². The van der Waals surface area contributed by atoms with Crippen LogP contribution in [-0.4, -0.2) is 34.7 Å². The zero-order valence-corrected chi connectivity index (χ0v) is 12.8. The number of fused-ring (bicyclic) bond motifs is 1. The lowest BCUT2D eigenvalue weighted by Crippen LogP contribution is -2.37. The Kier molecular flexibility index (Phi) is 3.86. The van der Waals surface area contributed by atoms with Crippen LogP contribution in [0.2, 0.25) is 0 Å². The Morgan fingerprint density at radius 3 is 2.81 bits per heavy atom. The molecule has 0 atom stereocenters. The summed E-state index contributed by atoms with van der Waals surface area (Å²) in [6.07, 6.45) is 5.13. The summed E-state index contributed by atoms with van der Waals surface area (Å²) in [5, 5.41) is 4.12. The molecule has 0 saturated heterocycles. The van der Waals surface area contributed by atoms with E-state index in [4.69, 9.17) is 4.52 Å². The van der Waals surface area contributed by atoms with Crippen LogP contribution in [-0.2, 0) is 29.5 Å². The van der Waals surface area contributed by atoms with Crippen LogP contribution in [0.4, 0.5) is 0 Å². The fourth-order valence-corrected chi connectivity index (χ4v) is 4.11. The first-order valence-corrected chi connectivity index (χ1v) is 8.76. The largest absolute Gasteiger partial charge is 0.361 e. The maximum Gasteiger partial charge on any atom is 0.214 e. The van der Waals surface area contributed by atoms with E-state index in [0.717, 1.165) is 17.0 Å². The molecule has 0 N–H and O–H groups in total. The summed E-state index contributed by atoms with van der Waals surface area (Å²) in [5.74, 6) is 1.01. The van der Waals surface area contributed by atoms with Gasteiger partial charge in [0.05, 0.1) is 12.3 Å². The average Bonchev–Trinajstić information content (AvgIpc) is 3.09. The van der Waals surface area contributed by atoms with Crippen LogP contribution in [0, 0.1) is 0 Å². The second kappa shape index (κ2) is 5.65. The van der Waals surface area contributed by atoms with Crippen molar-refractivity contribution in [2.45, 2.75) is 32.9 Å². The summed E-state index contributed by atoms with van der Waals surface area (Å²) < 4.78 is 33.4. The summed E-state index contributed by atoms with van der Waals surface area (Å²) in [7, 11) is -3.18. The molecule has 114 valence electrons. The van der Waals surface area contributed by atoms with Gasteiger partial charge in [0.2, 0.25) is 10.0 Å². The number of hydrogen-bond acceptors (Lipinski definition) is 4. The van der Waals surface area contributed by atoms with Crippen LogP contribution in [0.3, 0.4) is 0 Å². The third-order valence-electron chi connectivity index (χ3n) is 3.73. The van der Waals surface area contributed by atoms with E-state index in [2.05, 4.69) is 5.16 Å². The molecule has 0 saturated carbocycles. The lowest BCUT2D eigenvalue weighted by molar-refractivity contribution is 0.330. The first-order valence-electron chi connectivity index (χ1n) is 7.15. The Balaban J connectivity index is 1.83. The van der Waals surface area contributed by atoms with Crippen molar-refractivity contribution in [3.8, 4) is 0 Å². The molecule has 6 nitrogen and oxygen atoms in total. The van der Waals surface area contributed by atoms with Crippen LogP contribution in [0.15, 0.2) is 29.0 Å². The number of rotatable bonds is 5. The van der Waals surface area contributed by atoms with E-state index < -0.39 is 10.0 Å². The lowest BCUT2D eigenvalue weighted by Gasteiger charge is -2.25. The van der Waals surface area contributed by atoms with Crippen molar-refractivity contribution in [3.05, 3.63) is 41.5 Å². The molecule has 3 rings (SSSR count). The number of nitrogens with zero attached hydrogens (tertiary/aromatic N) is 3. The van der Waals surface area contributed by atoms with Crippen molar-refractivity contribution in [1.29, 1.82) is 0 Å². The number of aromatic nitrogens is 2. The third-order valence-corrected chi connectivity index (χ3v) is 5.75. The van der Waals surface area contributed by atoms with E-state index in [9.17, 15) is 8.42 Å². The highest BCUT2D eigenvalue weighted by Gasteiger charge is 2.30. The zero-order chi connectivity index (χ0) is 14.9. The van der Waals surface area contributed by atoms with Crippen molar-refractivity contribution in [1.82, 2.24) is 14.0 Å². The monoisotopic (exact) mass is 309 g/mol. The maximum absolute atomic E-state index is 12.2. The third kappa shape index (κ3) is 2.89. The van der Waals surface area contributed by atoms with Crippen LogP contribution in [0.5, 0.6) is 0 Å². The highest BCUT2D eigenvalue weighted by Crippen LogP contribution is 2.25. The van der Waals surface area contributed by atoms with Crippen LogP contribution >= 0.6 is 0 Å². The van der Waals surface area contributed by atoms with Gasteiger partial charge in [0.1, 0.15) is 11.5 Å². The van der Waals surface area contributed by atoms with Gasteiger partial charge in [-0.3, -0.25) is 0 Å². The molecule has 0 aliphatic carbocycles. The van der Waals surface area contributed by atoms with E-state index in [1.807, 2.05) is 36.0 Å². The quantitative estimate of drug-likeness (QED) is 0.841. The fourth-order valence-electron chi connectivity index (χ4n) is 2.64. The van der Waals surface area contributed by atoms with Gasteiger partial charge in [0.15, 0.2) is 0 Å². The molecular weight excluding hydrogens is 290 g/mol. The number of sulfonamides is 1. The van der Waals surface area contributed by atoms with Crippen molar-refractivity contribution < 1.29 is 12.9 Å². The molecule has 3 heterocycles. The smallest absolute Gasteiger partial charge is 0.214 e. The predicted octanol–water partition coefficient (Wildman–Crippen LogP) is 1.62. The van der Waals surface area contributed by atoms with Gasteiger partial charge in [-0.15, -0.1) is 0 Å². The van der Waals surface area contributed by atoms with Gasteiger partial charge in [-0.1, -0.05) is 12.1 Å². The van der Waals surface area contributed by atoms with Gasteiger partial charge in [-0.05, 0) is 18.6 Å². The van der Waals surface area contributed by atoms with Crippen molar-refractivity contribution in [2.24, 2.45) is 0 Å². The molecule has 7 heteroatoms. The van der Waals surface area contributed by atoms with Crippen LogP contribution < -0.4 is 0 Å². The molecule has 2 aromatic rings. The molecule has 0 aromatic carbocycles. The van der Waals surface area contributed by atoms with Crippen molar-refractivity contribution in [3.63, 3.8) is 0 Å². The van der Waals surface area contributed by atoms with E-state index in [-0.39, 0.29) is 5.75 Å². The minimum atomic E-state index is -3.18. The molecule has 0 amide bonds. The fraction of sp³-hybridized carbons (Fsp3) is 0.500. The van der Waals surface area contributed by atoms with E-state index >= 15 is 0 Å². The second-order valence-corrected chi connectivity index (χ2v) is 7.37. The van der Waals surface area contributed by atoms with Gasteiger partial charge in [-0.2, -0.15) is 4.31 Å². The molecule has 0 spiro atoms. The topological polar surface area (TPSA) is 68.3 Å². The Bertz CT molecular complexity index is 704. The van der Waals surface area contributed by atoms with Crippen LogP contribution in [0.25, 0.3) is 0 Å². The van der Waals surface area contributed by atoms with E-state index in [0.29, 0.717) is 32.5 Å². The molecule has 1 aliphatic rings. The molecule has 1 aliphatic heterocycles. The number of hydrogen-bond donors (Lipinski definition) is 0. The summed E-state index contributed by atoms with van der Waals surface area (Å²) in [6.45, 7) is 3.34. The van der Waals surface area contributed by atoms with Gasteiger partial charge in [0.25, 0.3) is 0 Å². The molecule has 0 radical (unpaired) electrons. The predicted molar refractivity (Wildman–Crippen MR) is 78.2 cm³/mol. The molecular formula is C14H19N3O3S. The first kappa shape index (κ1) is 14.3. The SMILES string of the molecule is CCCS(=O)(=O)N1CCc2onc(Cn3cccc3)c2C1. The Morgan fingerprint density at radius 1 is 1.33 bits per heavy atom. The summed E-state index contributed by atoms with van der Waals surface area (Å²) >= 11 is 0. The average molecular weight is 309 g/mol. The van der Waals surface area contributed by atoms with Crippen molar-refractivity contribution >= 4 is 10.0 Å². The molecule has 0 bridgehead atoms. The molecule has 0 unspecified atom stereocenters. The normalized spacial score (nSPS) is 16.0. The summed E-state index contributed by atoms with van der Waals surface area (Å²) in [4.78, 5) is 0. The Labute approximate surface area is 124 Å². The van der Waals surface area contributed by atoms with E-state index in [1.165, 1.54) is 0 Å². The van der Waals surface area contributed by atoms with E-state index in [1.54, 1.807) is 4.31 Å². The minimum absolute atomic E-state index is 0.195. The standard InChI is InChI=1S/C14H19N3O3S/c1-2-9-21(18,19)17-8-5-14-12(10-17)13(15-20-14)11-16-6-3-4-7-16/h3-4,6-7H,2,5,8-11H2,1H3. The van der Waals surface area contributed by atoms with Gasteiger partial charge >= 0.3 is 0 Å². The van der Waals surface area contributed by atoms with Gasteiger partial charge < -0.3 is 9.09 Å². The first-order chi connectivity index (χ1) is 10.1. The maximum atomic E-state index is 12.2. The van der Waals surface area contributed by atoms with Crippen molar-refractivity contribution in [2.75, 3.05) is 12.3 Å². The zero-order valence-electron chi connectivity index (χ0n) is 12.0. The highest BCUT2D eigenvalue weighted by atomic mass is 32.2. The summed E-state index contributed by atoms with van der Waals surface area (Å²) in [6, 6.07) is 3.90. The Morgan fingerprint density at radius 2 is 2.10 bits per heavy atom. The lowest BCUT2D eigenvalue weighted by atomic mass is 10.1.